The second-order valence-electron chi connectivity index (χ2n) is 6.40. The van der Waals surface area contributed by atoms with Gasteiger partial charge in [-0.05, 0) is 50.8 Å². The predicted octanol–water partition coefficient (Wildman–Crippen LogP) is 4.11. The van der Waals surface area contributed by atoms with Crippen LogP contribution in [0.2, 0.25) is 0 Å². The smallest absolute Gasteiger partial charge is 0.0486 e. The summed E-state index contributed by atoms with van der Waals surface area (Å²) in [6, 6.07) is 8.84. The number of benzene rings is 1. The Morgan fingerprint density at radius 1 is 1.26 bits per heavy atom. The van der Waals surface area contributed by atoms with Gasteiger partial charge in [-0.2, -0.15) is 0 Å². The fourth-order valence-corrected chi connectivity index (χ4v) is 2.14. The summed E-state index contributed by atoms with van der Waals surface area (Å²) < 4.78 is 2.26. The molecule has 0 aliphatic heterocycles. The highest BCUT2D eigenvalue weighted by Crippen LogP contribution is 2.19. The number of allylic oxidation sites excluding steroid dienone is 1. The Bertz CT molecular complexity index is 585. The summed E-state index contributed by atoms with van der Waals surface area (Å²) in [4.78, 5) is 0. The molecule has 0 aliphatic rings. The van der Waals surface area contributed by atoms with Crippen LogP contribution in [0.25, 0.3) is 10.9 Å². The molecule has 0 spiro atoms. The van der Waals surface area contributed by atoms with E-state index in [0.717, 1.165) is 13.1 Å². The van der Waals surface area contributed by atoms with Crippen molar-refractivity contribution in [3.05, 3.63) is 48.2 Å². The van der Waals surface area contributed by atoms with Gasteiger partial charge in [0.05, 0.1) is 0 Å². The van der Waals surface area contributed by atoms with E-state index in [2.05, 4.69) is 74.6 Å². The van der Waals surface area contributed by atoms with Crippen molar-refractivity contribution in [1.82, 2.24) is 9.88 Å². The van der Waals surface area contributed by atoms with E-state index < -0.39 is 0 Å². The molecule has 0 saturated carbocycles. The third kappa shape index (κ3) is 3.71. The van der Waals surface area contributed by atoms with E-state index in [0.29, 0.717) is 0 Å². The van der Waals surface area contributed by atoms with E-state index in [1.807, 2.05) is 0 Å². The number of rotatable bonds is 4. The van der Waals surface area contributed by atoms with Gasteiger partial charge < -0.3 is 9.88 Å². The van der Waals surface area contributed by atoms with Crippen LogP contribution in [0, 0.1) is 0 Å². The lowest BCUT2D eigenvalue weighted by atomic mass is 10.1. The van der Waals surface area contributed by atoms with Gasteiger partial charge in [0.15, 0.2) is 0 Å². The molecule has 0 radical (unpaired) electrons. The molecule has 0 unspecified atom stereocenters. The summed E-state index contributed by atoms with van der Waals surface area (Å²) >= 11 is 0. The summed E-state index contributed by atoms with van der Waals surface area (Å²) in [7, 11) is 0. The highest BCUT2D eigenvalue weighted by Gasteiger charge is 2.09. The van der Waals surface area contributed by atoms with Crippen LogP contribution in [-0.4, -0.2) is 10.1 Å². The molecule has 0 aliphatic carbocycles. The van der Waals surface area contributed by atoms with Crippen molar-refractivity contribution in [3.8, 4) is 0 Å². The quantitative estimate of drug-likeness (QED) is 0.815. The fraction of sp³-hybridized carbons (Fsp3) is 0.412. The lowest BCUT2D eigenvalue weighted by molar-refractivity contribution is 0.424. The maximum atomic E-state index is 3.99. The van der Waals surface area contributed by atoms with Gasteiger partial charge >= 0.3 is 0 Å². The number of hydrogen-bond donors (Lipinski definition) is 1. The first-order valence-corrected chi connectivity index (χ1v) is 6.82. The second-order valence-corrected chi connectivity index (χ2v) is 6.40. The average molecular weight is 256 g/mol. The Kier molecular flexibility index (Phi) is 3.81. The highest BCUT2D eigenvalue weighted by atomic mass is 15.0. The molecule has 102 valence electrons. The van der Waals surface area contributed by atoms with Gasteiger partial charge in [0.2, 0.25) is 0 Å². The van der Waals surface area contributed by atoms with Crippen molar-refractivity contribution in [2.75, 3.05) is 0 Å². The van der Waals surface area contributed by atoms with E-state index in [1.54, 1.807) is 0 Å². The minimum absolute atomic E-state index is 0.147. The molecule has 2 nitrogen and oxygen atoms in total. The fourth-order valence-electron chi connectivity index (χ4n) is 2.14. The zero-order chi connectivity index (χ0) is 14.0. The van der Waals surface area contributed by atoms with Gasteiger partial charge in [-0.1, -0.05) is 24.3 Å². The molecule has 19 heavy (non-hydrogen) atoms. The molecule has 2 aromatic rings. The number of aromatic nitrogens is 1. The molecule has 0 saturated heterocycles. The SMILES string of the molecule is C=C(C)Cn1ccc2ccc(CNC(C)(C)C)cc21. The molecule has 0 atom stereocenters. The lowest BCUT2D eigenvalue weighted by Gasteiger charge is -2.20. The number of nitrogens with zero attached hydrogens (tertiary/aromatic N) is 1. The van der Waals surface area contributed by atoms with Crippen LogP contribution >= 0.6 is 0 Å². The third-order valence-electron chi connectivity index (χ3n) is 3.10. The summed E-state index contributed by atoms with van der Waals surface area (Å²) in [6.07, 6.45) is 2.14. The van der Waals surface area contributed by atoms with Crippen LogP contribution in [0.15, 0.2) is 42.6 Å². The number of hydrogen-bond acceptors (Lipinski definition) is 1. The van der Waals surface area contributed by atoms with Gasteiger partial charge in [0.1, 0.15) is 0 Å². The first-order chi connectivity index (χ1) is 8.85. The maximum absolute atomic E-state index is 3.99. The molecule has 0 amide bonds. The molecule has 2 heteroatoms. The third-order valence-corrected chi connectivity index (χ3v) is 3.10. The van der Waals surface area contributed by atoms with Gasteiger partial charge in [0, 0.05) is 30.3 Å². The summed E-state index contributed by atoms with van der Waals surface area (Å²) in [6.45, 7) is 14.4. The second kappa shape index (κ2) is 5.22. The van der Waals surface area contributed by atoms with Gasteiger partial charge in [0.25, 0.3) is 0 Å². The van der Waals surface area contributed by atoms with Crippen molar-refractivity contribution in [1.29, 1.82) is 0 Å². The van der Waals surface area contributed by atoms with Crippen LogP contribution < -0.4 is 5.32 Å². The molecule has 2 rings (SSSR count). The largest absolute Gasteiger partial charge is 0.343 e. The molecule has 1 N–H and O–H groups in total. The molecule has 0 bridgehead atoms. The zero-order valence-corrected chi connectivity index (χ0v) is 12.5. The molecular weight excluding hydrogens is 232 g/mol. The molecule has 1 aromatic carbocycles. The van der Waals surface area contributed by atoms with Crippen molar-refractivity contribution >= 4 is 10.9 Å². The number of fused-ring (bicyclic) bond motifs is 1. The predicted molar refractivity (Wildman–Crippen MR) is 83.3 cm³/mol. The summed E-state index contributed by atoms with van der Waals surface area (Å²) in [5.41, 5.74) is 3.94. The van der Waals surface area contributed by atoms with Crippen LogP contribution in [0.5, 0.6) is 0 Å². The first-order valence-electron chi connectivity index (χ1n) is 6.82. The zero-order valence-electron chi connectivity index (χ0n) is 12.5. The van der Waals surface area contributed by atoms with Gasteiger partial charge in [-0.15, -0.1) is 0 Å². The minimum Gasteiger partial charge on any atom is -0.343 e. The lowest BCUT2D eigenvalue weighted by Crippen LogP contribution is -2.35. The van der Waals surface area contributed by atoms with Crippen LogP contribution in [-0.2, 0) is 13.1 Å². The van der Waals surface area contributed by atoms with Gasteiger partial charge in [-0.25, -0.2) is 0 Å². The van der Waals surface area contributed by atoms with E-state index in [-0.39, 0.29) is 5.54 Å². The summed E-state index contributed by atoms with van der Waals surface area (Å²) in [5, 5.41) is 4.82. The van der Waals surface area contributed by atoms with Crippen molar-refractivity contribution in [2.24, 2.45) is 0 Å². The normalized spacial score (nSPS) is 12.0. The maximum Gasteiger partial charge on any atom is 0.0486 e. The van der Waals surface area contributed by atoms with Crippen molar-refractivity contribution in [3.63, 3.8) is 0 Å². The standard InChI is InChI=1S/C17H24N2/c1-13(2)12-19-9-8-15-7-6-14(10-16(15)19)11-18-17(3,4)5/h6-10,18H,1,11-12H2,2-5H3. The van der Waals surface area contributed by atoms with E-state index >= 15 is 0 Å². The highest BCUT2D eigenvalue weighted by molar-refractivity contribution is 5.80. The molecular formula is C17H24N2. The Hall–Kier alpha value is -1.54. The van der Waals surface area contributed by atoms with Crippen LogP contribution in [0.3, 0.4) is 0 Å². The molecule has 1 aromatic heterocycles. The van der Waals surface area contributed by atoms with Crippen molar-refractivity contribution < 1.29 is 0 Å². The minimum atomic E-state index is 0.147. The van der Waals surface area contributed by atoms with Crippen LogP contribution in [0.1, 0.15) is 33.3 Å². The Labute approximate surface area is 116 Å². The van der Waals surface area contributed by atoms with Crippen LogP contribution in [0.4, 0.5) is 0 Å². The summed E-state index contributed by atoms with van der Waals surface area (Å²) in [5.74, 6) is 0. The van der Waals surface area contributed by atoms with Crippen molar-refractivity contribution in [2.45, 2.75) is 46.3 Å². The Morgan fingerprint density at radius 2 is 2.00 bits per heavy atom. The Balaban J connectivity index is 2.25. The molecule has 0 fully saturated rings. The Morgan fingerprint density at radius 3 is 2.63 bits per heavy atom. The number of nitrogens with one attached hydrogen (secondary N) is 1. The van der Waals surface area contributed by atoms with E-state index in [9.17, 15) is 0 Å². The van der Waals surface area contributed by atoms with Gasteiger partial charge in [-0.3, -0.25) is 0 Å². The monoisotopic (exact) mass is 256 g/mol. The molecule has 1 heterocycles. The van der Waals surface area contributed by atoms with E-state index in [1.165, 1.54) is 22.0 Å². The average Bonchev–Trinajstić information content (AvgIpc) is 2.68. The first kappa shape index (κ1) is 13.9. The topological polar surface area (TPSA) is 17.0 Å². The van der Waals surface area contributed by atoms with E-state index in [4.69, 9.17) is 0 Å².